The fourth-order valence-electron chi connectivity index (χ4n) is 1.93. The Balaban J connectivity index is 2.21. The van der Waals surface area contributed by atoms with Gasteiger partial charge in [-0.15, -0.1) is 0 Å². The zero-order valence-corrected chi connectivity index (χ0v) is 12.7. The first-order chi connectivity index (χ1) is 9.08. The lowest BCUT2D eigenvalue weighted by atomic mass is 10.1. The Labute approximate surface area is 123 Å². The molecule has 0 bridgehead atoms. The van der Waals surface area contributed by atoms with Gasteiger partial charge in [0.25, 0.3) is 0 Å². The van der Waals surface area contributed by atoms with Gasteiger partial charge in [0.2, 0.25) is 0 Å². The van der Waals surface area contributed by atoms with Crippen molar-refractivity contribution in [2.75, 3.05) is 6.54 Å². The van der Waals surface area contributed by atoms with E-state index in [9.17, 15) is 0 Å². The third-order valence-electron chi connectivity index (χ3n) is 2.73. The van der Waals surface area contributed by atoms with Crippen molar-refractivity contribution in [2.24, 2.45) is 5.73 Å². The van der Waals surface area contributed by atoms with Gasteiger partial charge in [-0.3, -0.25) is 0 Å². The molecule has 19 heavy (non-hydrogen) atoms. The van der Waals surface area contributed by atoms with E-state index < -0.39 is 0 Å². The molecule has 100 valence electrons. The van der Waals surface area contributed by atoms with E-state index in [0.717, 1.165) is 32.6 Å². The molecule has 2 N–H and O–H groups in total. The lowest BCUT2D eigenvalue weighted by Crippen LogP contribution is -2.03. The molecule has 0 amide bonds. The second kappa shape index (κ2) is 6.42. The summed E-state index contributed by atoms with van der Waals surface area (Å²) in [6, 6.07) is 10.2. The Morgan fingerprint density at radius 1 is 1.21 bits per heavy atom. The number of rotatable bonds is 4. The third kappa shape index (κ3) is 3.96. The van der Waals surface area contributed by atoms with Crippen molar-refractivity contribution in [3.8, 4) is 0 Å². The number of nitrogens with two attached hydrogens (primary N) is 1. The summed E-state index contributed by atoms with van der Waals surface area (Å²) in [5, 5.41) is 1.78. The van der Waals surface area contributed by atoms with Crippen LogP contribution < -0.4 is 5.73 Å². The van der Waals surface area contributed by atoms with Crippen LogP contribution in [0.1, 0.15) is 16.8 Å². The van der Waals surface area contributed by atoms with Gasteiger partial charge in [0, 0.05) is 15.6 Å². The molecule has 1 heterocycles. The first-order valence-corrected chi connectivity index (χ1v) is 7.39. The Hall–Kier alpha value is -1.03. The van der Waals surface area contributed by atoms with E-state index >= 15 is 0 Å². The third-order valence-corrected chi connectivity index (χ3v) is 3.99. The summed E-state index contributed by atoms with van der Waals surface area (Å²) >= 11 is 7.88. The lowest BCUT2D eigenvalue weighted by Gasteiger charge is -2.07. The quantitative estimate of drug-likeness (QED) is 0.925. The maximum absolute atomic E-state index is 6.25. The number of halogens is 1. The van der Waals surface area contributed by atoms with Gasteiger partial charge in [-0.25, -0.2) is 4.98 Å². The molecule has 2 aromatic rings. The van der Waals surface area contributed by atoms with Gasteiger partial charge >= 0.3 is 0 Å². The van der Waals surface area contributed by atoms with E-state index in [0.29, 0.717) is 6.54 Å². The van der Waals surface area contributed by atoms with Gasteiger partial charge in [0.15, 0.2) is 0 Å². The zero-order valence-electron chi connectivity index (χ0n) is 11.1. The Morgan fingerprint density at radius 3 is 2.63 bits per heavy atom. The van der Waals surface area contributed by atoms with Gasteiger partial charge in [-0.05, 0) is 62.2 Å². The van der Waals surface area contributed by atoms with Gasteiger partial charge in [-0.1, -0.05) is 29.4 Å². The van der Waals surface area contributed by atoms with Crippen molar-refractivity contribution in [1.29, 1.82) is 0 Å². The predicted octanol–water partition coefficient (Wildman–Crippen LogP) is 4.00. The normalized spacial score (nSPS) is 10.7. The monoisotopic (exact) mass is 292 g/mol. The molecular formula is C15H17ClN2S. The van der Waals surface area contributed by atoms with Crippen LogP contribution in [0.25, 0.3) is 0 Å². The molecule has 0 unspecified atom stereocenters. The van der Waals surface area contributed by atoms with E-state index in [1.54, 1.807) is 11.8 Å². The summed E-state index contributed by atoms with van der Waals surface area (Å²) < 4.78 is 0. The lowest BCUT2D eigenvalue weighted by molar-refractivity contribution is 0.966. The molecule has 0 atom stereocenters. The molecule has 0 aliphatic rings. The van der Waals surface area contributed by atoms with Gasteiger partial charge in [0.1, 0.15) is 5.03 Å². The van der Waals surface area contributed by atoms with Crippen LogP contribution >= 0.6 is 23.4 Å². The number of benzene rings is 1. The van der Waals surface area contributed by atoms with Crippen LogP contribution in [0.15, 0.2) is 40.3 Å². The second-order valence-electron chi connectivity index (χ2n) is 4.52. The highest BCUT2D eigenvalue weighted by Crippen LogP contribution is 2.30. The summed E-state index contributed by atoms with van der Waals surface area (Å²) in [5.74, 6) is 0. The average molecular weight is 293 g/mol. The molecule has 0 radical (unpaired) electrons. The topological polar surface area (TPSA) is 38.9 Å². The smallest absolute Gasteiger partial charge is 0.101 e. The fourth-order valence-corrected chi connectivity index (χ4v) is 3.26. The van der Waals surface area contributed by atoms with Crippen LogP contribution in [0, 0.1) is 13.8 Å². The molecule has 0 saturated heterocycles. The summed E-state index contributed by atoms with van der Waals surface area (Å²) in [7, 11) is 0. The van der Waals surface area contributed by atoms with Crippen LogP contribution in [0.3, 0.4) is 0 Å². The summed E-state index contributed by atoms with van der Waals surface area (Å²) in [6.07, 6.45) is 0.811. The van der Waals surface area contributed by atoms with Crippen molar-refractivity contribution in [2.45, 2.75) is 30.2 Å². The van der Waals surface area contributed by atoms with Gasteiger partial charge in [-0.2, -0.15) is 0 Å². The highest BCUT2D eigenvalue weighted by molar-refractivity contribution is 7.99. The van der Waals surface area contributed by atoms with Crippen molar-refractivity contribution in [3.05, 3.63) is 52.2 Å². The van der Waals surface area contributed by atoms with Crippen molar-refractivity contribution in [3.63, 3.8) is 0 Å². The summed E-state index contributed by atoms with van der Waals surface area (Å²) in [6.45, 7) is 4.70. The molecule has 0 aliphatic carbocycles. The van der Waals surface area contributed by atoms with Crippen LogP contribution in [0.4, 0.5) is 0 Å². The number of hydrogen-bond acceptors (Lipinski definition) is 3. The molecule has 2 rings (SSSR count). The van der Waals surface area contributed by atoms with Crippen molar-refractivity contribution < 1.29 is 0 Å². The van der Waals surface area contributed by atoms with E-state index in [1.165, 1.54) is 5.56 Å². The maximum atomic E-state index is 6.25. The zero-order chi connectivity index (χ0) is 13.8. The molecule has 1 aromatic heterocycles. The summed E-state index contributed by atoms with van der Waals surface area (Å²) in [4.78, 5) is 5.62. The van der Waals surface area contributed by atoms with Gasteiger partial charge < -0.3 is 5.73 Å². The fraction of sp³-hybridized carbons (Fsp3) is 0.267. The Kier molecular flexibility index (Phi) is 4.86. The van der Waals surface area contributed by atoms with E-state index in [-0.39, 0.29) is 0 Å². The maximum Gasteiger partial charge on any atom is 0.101 e. The van der Waals surface area contributed by atoms with Crippen LogP contribution in [-0.2, 0) is 6.42 Å². The van der Waals surface area contributed by atoms with Crippen molar-refractivity contribution >= 4 is 23.4 Å². The minimum Gasteiger partial charge on any atom is -0.330 e. The summed E-state index contributed by atoms with van der Waals surface area (Å²) in [5.41, 5.74) is 8.91. The molecule has 1 aromatic carbocycles. The van der Waals surface area contributed by atoms with E-state index in [1.807, 2.05) is 19.1 Å². The van der Waals surface area contributed by atoms with Crippen LogP contribution in [0.2, 0.25) is 5.02 Å². The number of pyridine rings is 1. The van der Waals surface area contributed by atoms with E-state index in [2.05, 4.69) is 30.1 Å². The van der Waals surface area contributed by atoms with Gasteiger partial charge in [0.05, 0.1) is 0 Å². The molecule has 0 saturated carbocycles. The molecule has 0 aliphatic heterocycles. The van der Waals surface area contributed by atoms with Crippen molar-refractivity contribution in [1.82, 2.24) is 4.98 Å². The first kappa shape index (κ1) is 14.4. The number of aromatic nitrogens is 1. The number of hydrogen-bond donors (Lipinski definition) is 1. The SMILES string of the molecule is Cc1cc(C)nc(Sc2ccc(CCN)c(Cl)c2)c1. The minimum atomic E-state index is 0.616. The molecular weight excluding hydrogens is 276 g/mol. The standard InChI is InChI=1S/C15H17ClN2S/c1-10-7-11(2)18-15(8-10)19-13-4-3-12(5-6-17)14(16)9-13/h3-4,7-9H,5-6,17H2,1-2H3. The predicted molar refractivity (Wildman–Crippen MR) is 82.0 cm³/mol. The number of nitrogens with zero attached hydrogens (tertiary/aromatic N) is 1. The number of aryl methyl sites for hydroxylation is 2. The molecule has 0 fully saturated rings. The highest BCUT2D eigenvalue weighted by Gasteiger charge is 2.05. The Bertz CT molecular complexity index is 564. The van der Waals surface area contributed by atoms with E-state index in [4.69, 9.17) is 17.3 Å². The molecule has 4 heteroatoms. The van der Waals surface area contributed by atoms with Crippen LogP contribution in [0.5, 0.6) is 0 Å². The minimum absolute atomic E-state index is 0.616. The first-order valence-electron chi connectivity index (χ1n) is 6.20. The average Bonchev–Trinajstić information content (AvgIpc) is 2.31. The molecule has 2 nitrogen and oxygen atoms in total. The highest BCUT2D eigenvalue weighted by atomic mass is 35.5. The largest absolute Gasteiger partial charge is 0.330 e. The Morgan fingerprint density at radius 2 is 2.00 bits per heavy atom. The van der Waals surface area contributed by atoms with Crippen LogP contribution in [-0.4, -0.2) is 11.5 Å². The second-order valence-corrected chi connectivity index (χ2v) is 6.02. The molecule has 0 spiro atoms.